The van der Waals surface area contributed by atoms with Crippen LogP contribution in [-0.4, -0.2) is 35.4 Å². The second-order valence-corrected chi connectivity index (χ2v) is 8.96. The number of aromatic nitrogens is 6. The quantitative estimate of drug-likeness (QED) is 0.325. The molecule has 4 rings (SSSR count). The van der Waals surface area contributed by atoms with Gasteiger partial charge in [-0.25, -0.2) is 13.9 Å². The van der Waals surface area contributed by atoms with Crippen molar-refractivity contribution in [2.24, 2.45) is 0 Å². The lowest BCUT2D eigenvalue weighted by molar-refractivity contribution is -0.121. The SMILES string of the molecule is Cc1cc(=S)n(NCc2cc(F)ccc2Cl)c(=O)n1CC(=O)NCc1cc(Cl)ccc1-n1cnnn1. The van der Waals surface area contributed by atoms with E-state index in [1.165, 1.54) is 33.8 Å². The number of amides is 1. The van der Waals surface area contributed by atoms with Crippen molar-refractivity contribution in [2.45, 2.75) is 26.6 Å². The van der Waals surface area contributed by atoms with Crippen LogP contribution in [0.1, 0.15) is 16.8 Å². The third-order valence-electron chi connectivity index (χ3n) is 5.25. The van der Waals surface area contributed by atoms with Crippen molar-refractivity contribution in [1.82, 2.24) is 34.8 Å². The minimum atomic E-state index is -0.556. The highest BCUT2D eigenvalue weighted by Gasteiger charge is 2.13. The normalized spacial score (nSPS) is 10.9. The number of nitrogens with one attached hydrogen (secondary N) is 2. The summed E-state index contributed by atoms with van der Waals surface area (Å²) in [5.74, 6) is -0.875. The molecule has 0 saturated carbocycles. The van der Waals surface area contributed by atoms with Gasteiger partial charge in [-0.2, -0.15) is 4.68 Å². The van der Waals surface area contributed by atoms with Crippen molar-refractivity contribution in [1.29, 1.82) is 0 Å². The molecule has 0 fully saturated rings. The van der Waals surface area contributed by atoms with Gasteiger partial charge in [0.1, 0.15) is 23.3 Å². The van der Waals surface area contributed by atoms with E-state index in [1.807, 2.05) is 0 Å². The Balaban J connectivity index is 1.50. The molecule has 2 aromatic heterocycles. The molecule has 0 aliphatic rings. The zero-order chi connectivity index (χ0) is 25.8. The van der Waals surface area contributed by atoms with Crippen LogP contribution < -0.4 is 16.4 Å². The summed E-state index contributed by atoms with van der Waals surface area (Å²) in [6.45, 7) is 1.58. The van der Waals surface area contributed by atoms with Crippen molar-refractivity contribution >= 4 is 41.3 Å². The predicted molar refractivity (Wildman–Crippen MR) is 135 cm³/mol. The summed E-state index contributed by atoms with van der Waals surface area (Å²) in [4.78, 5) is 25.9. The predicted octanol–water partition coefficient (Wildman–Crippen LogP) is 3.17. The molecular formula is C22H19Cl2FN8O2S. The molecule has 2 heterocycles. The number of halogens is 3. The zero-order valence-corrected chi connectivity index (χ0v) is 21.1. The first-order chi connectivity index (χ1) is 17.2. The molecule has 4 aromatic rings. The van der Waals surface area contributed by atoms with E-state index in [2.05, 4.69) is 26.3 Å². The van der Waals surface area contributed by atoms with Crippen LogP contribution in [0.5, 0.6) is 0 Å². The monoisotopic (exact) mass is 548 g/mol. The Hall–Kier alpha value is -3.61. The van der Waals surface area contributed by atoms with Crippen molar-refractivity contribution in [3.05, 3.63) is 96.6 Å². The number of aryl methyl sites for hydroxylation is 1. The first-order valence-corrected chi connectivity index (χ1v) is 11.7. The van der Waals surface area contributed by atoms with Gasteiger partial charge in [-0.1, -0.05) is 35.4 Å². The second kappa shape index (κ2) is 11.0. The maximum atomic E-state index is 13.6. The Bertz CT molecular complexity index is 1540. The zero-order valence-electron chi connectivity index (χ0n) is 18.8. The van der Waals surface area contributed by atoms with E-state index in [-0.39, 0.29) is 24.3 Å². The Morgan fingerprint density at radius 1 is 1.11 bits per heavy atom. The van der Waals surface area contributed by atoms with E-state index in [0.717, 1.165) is 4.68 Å². The van der Waals surface area contributed by atoms with Gasteiger partial charge >= 0.3 is 5.69 Å². The van der Waals surface area contributed by atoms with Gasteiger partial charge in [0, 0.05) is 22.3 Å². The summed E-state index contributed by atoms with van der Waals surface area (Å²) in [6.07, 6.45) is 1.43. The van der Waals surface area contributed by atoms with Gasteiger partial charge in [-0.05, 0) is 70.9 Å². The number of rotatable bonds is 8. The number of benzene rings is 2. The fraction of sp³-hybridized carbons (Fsp3) is 0.182. The highest BCUT2D eigenvalue weighted by Crippen LogP contribution is 2.19. The molecule has 0 bridgehead atoms. The maximum absolute atomic E-state index is 13.6. The fourth-order valence-electron chi connectivity index (χ4n) is 3.45. The Kier molecular flexibility index (Phi) is 7.77. The third-order valence-corrected chi connectivity index (χ3v) is 6.16. The largest absolute Gasteiger partial charge is 0.350 e. The van der Waals surface area contributed by atoms with Crippen molar-refractivity contribution in [3.63, 3.8) is 0 Å². The minimum Gasteiger partial charge on any atom is -0.350 e. The maximum Gasteiger partial charge on any atom is 0.348 e. The van der Waals surface area contributed by atoms with Crippen LogP contribution in [0, 0.1) is 17.4 Å². The fourth-order valence-corrected chi connectivity index (χ4v) is 4.14. The summed E-state index contributed by atoms with van der Waals surface area (Å²) < 4.78 is 17.6. The van der Waals surface area contributed by atoms with Crippen LogP contribution in [0.25, 0.3) is 5.69 Å². The minimum absolute atomic E-state index is 0.0457. The van der Waals surface area contributed by atoms with Gasteiger partial charge in [0.05, 0.1) is 12.2 Å². The van der Waals surface area contributed by atoms with Crippen LogP contribution >= 0.6 is 35.4 Å². The molecule has 0 radical (unpaired) electrons. The Morgan fingerprint density at radius 2 is 1.92 bits per heavy atom. The van der Waals surface area contributed by atoms with E-state index in [4.69, 9.17) is 35.4 Å². The summed E-state index contributed by atoms with van der Waals surface area (Å²) >= 11 is 17.5. The van der Waals surface area contributed by atoms with E-state index in [9.17, 15) is 14.0 Å². The highest BCUT2D eigenvalue weighted by molar-refractivity contribution is 7.71. The Morgan fingerprint density at radius 3 is 2.67 bits per heavy atom. The van der Waals surface area contributed by atoms with Gasteiger partial charge < -0.3 is 10.7 Å². The average Bonchev–Trinajstić information content (AvgIpc) is 3.37. The molecular weight excluding hydrogens is 530 g/mol. The summed E-state index contributed by atoms with van der Waals surface area (Å²) in [5.41, 5.74) is 4.57. The van der Waals surface area contributed by atoms with Gasteiger partial charge in [-0.3, -0.25) is 9.36 Å². The molecule has 0 aliphatic carbocycles. The van der Waals surface area contributed by atoms with Crippen LogP contribution in [-0.2, 0) is 24.4 Å². The van der Waals surface area contributed by atoms with Crippen molar-refractivity contribution < 1.29 is 9.18 Å². The smallest absolute Gasteiger partial charge is 0.348 e. The van der Waals surface area contributed by atoms with Crippen LogP contribution in [0.3, 0.4) is 0 Å². The lowest BCUT2D eigenvalue weighted by Gasteiger charge is -2.16. The molecule has 0 aliphatic heterocycles. The topological polar surface area (TPSA) is 112 Å². The Labute approximate surface area is 219 Å². The molecule has 0 unspecified atom stereocenters. The molecule has 36 heavy (non-hydrogen) atoms. The van der Waals surface area contributed by atoms with Crippen LogP contribution in [0.2, 0.25) is 10.0 Å². The van der Waals surface area contributed by atoms with Gasteiger partial charge in [0.2, 0.25) is 5.91 Å². The molecule has 2 N–H and O–H groups in total. The summed E-state index contributed by atoms with van der Waals surface area (Å²) in [6, 6.07) is 10.6. The van der Waals surface area contributed by atoms with Gasteiger partial charge in [0.25, 0.3) is 0 Å². The first kappa shape index (κ1) is 25.5. The lowest BCUT2D eigenvalue weighted by Crippen LogP contribution is -2.40. The van der Waals surface area contributed by atoms with Crippen molar-refractivity contribution in [3.8, 4) is 5.69 Å². The molecule has 0 spiro atoms. The number of carbonyl (C=O) groups excluding carboxylic acids is 1. The van der Waals surface area contributed by atoms with E-state index in [1.54, 1.807) is 31.2 Å². The number of carbonyl (C=O) groups is 1. The average molecular weight is 549 g/mol. The molecule has 1 amide bonds. The van der Waals surface area contributed by atoms with E-state index in [0.29, 0.717) is 32.6 Å². The lowest BCUT2D eigenvalue weighted by atomic mass is 10.1. The molecule has 186 valence electrons. The molecule has 0 saturated heterocycles. The molecule has 0 atom stereocenters. The summed E-state index contributed by atoms with van der Waals surface area (Å²) in [7, 11) is 0. The first-order valence-electron chi connectivity index (χ1n) is 10.5. The summed E-state index contributed by atoms with van der Waals surface area (Å²) in [5, 5.41) is 14.7. The molecule has 2 aromatic carbocycles. The second-order valence-electron chi connectivity index (χ2n) is 7.70. The van der Waals surface area contributed by atoms with Gasteiger partial charge in [0.15, 0.2) is 0 Å². The standard InChI is InChI=1S/C22H19Cl2FN8O2S/c1-13-6-21(36)33(28-10-14-8-17(25)3-4-18(14)24)22(35)31(13)11-20(34)26-9-15-7-16(23)2-5-19(15)32-12-27-29-30-32/h2-8,12,28H,9-11H2,1H3,(H,26,34). The van der Waals surface area contributed by atoms with Crippen LogP contribution in [0.4, 0.5) is 4.39 Å². The number of nitrogens with zero attached hydrogens (tertiary/aromatic N) is 6. The number of hydrogen-bond acceptors (Lipinski definition) is 7. The number of tetrazole rings is 1. The third kappa shape index (κ3) is 5.78. The van der Waals surface area contributed by atoms with E-state index >= 15 is 0 Å². The highest BCUT2D eigenvalue weighted by atomic mass is 35.5. The van der Waals surface area contributed by atoms with Gasteiger partial charge in [-0.15, -0.1) is 5.10 Å². The molecule has 10 nitrogen and oxygen atoms in total. The molecule has 14 heteroatoms. The number of hydrogen-bond donors (Lipinski definition) is 2. The van der Waals surface area contributed by atoms with Crippen molar-refractivity contribution in [2.75, 3.05) is 5.43 Å². The van der Waals surface area contributed by atoms with E-state index < -0.39 is 17.4 Å². The van der Waals surface area contributed by atoms with Crippen LogP contribution in [0.15, 0.2) is 53.6 Å².